The summed E-state index contributed by atoms with van der Waals surface area (Å²) in [4.78, 5) is 27.3. The quantitative estimate of drug-likeness (QED) is 0.151. The second kappa shape index (κ2) is 12.3. The van der Waals surface area contributed by atoms with Gasteiger partial charge in [-0.05, 0) is 45.7 Å². The maximum atomic E-state index is 16.4. The van der Waals surface area contributed by atoms with Crippen LogP contribution >= 0.6 is 7.75 Å². The molecule has 0 amide bonds. The van der Waals surface area contributed by atoms with E-state index in [9.17, 15) is 14.5 Å². The number of ether oxygens (including phenoxy) is 2. The third-order valence-corrected chi connectivity index (χ3v) is 8.85. The summed E-state index contributed by atoms with van der Waals surface area (Å²) in [6.07, 6.45) is 3.44. The van der Waals surface area contributed by atoms with Gasteiger partial charge in [-0.1, -0.05) is 24.1 Å². The molecular weight excluding hydrogens is 596 g/mol. The lowest BCUT2D eigenvalue weighted by Crippen LogP contribution is -2.42. The van der Waals surface area contributed by atoms with E-state index in [1.165, 1.54) is 30.0 Å². The van der Waals surface area contributed by atoms with Gasteiger partial charge in [-0.15, -0.1) is 6.42 Å². The van der Waals surface area contributed by atoms with Crippen molar-refractivity contribution in [2.75, 3.05) is 24.3 Å². The molecule has 0 radical (unpaired) electrons. The summed E-state index contributed by atoms with van der Waals surface area (Å²) < 4.78 is 53.8. The molecular formula is C28H35FN7O7P. The summed E-state index contributed by atoms with van der Waals surface area (Å²) in [7, 11) is -2.49. The Kier molecular flexibility index (Phi) is 8.84. The number of para-hydroxylation sites is 1. The third-order valence-electron chi connectivity index (χ3n) is 7.20. The summed E-state index contributed by atoms with van der Waals surface area (Å²) in [5.41, 5.74) is 3.70. The lowest BCUT2D eigenvalue weighted by molar-refractivity contribution is -0.149. The molecule has 4 N–H and O–H groups in total. The zero-order chi connectivity index (χ0) is 31.8. The number of fused-ring (bicyclic) bond motifs is 1. The van der Waals surface area contributed by atoms with Crippen molar-refractivity contribution in [3.05, 3.63) is 36.7 Å². The molecule has 1 aliphatic carbocycles. The highest BCUT2D eigenvalue weighted by Gasteiger charge is 2.58. The summed E-state index contributed by atoms with van der Waals surface area (Å²) in [5, 5.41) is 13.6. The molecule has 1 aliphatic heterocycles. The van der Waals surface area contributed by atoms with Gasteiger partial charge in [0.05, 0.1) is 19.0 Å². The molecule has 16 heteroatoms. The highest BCUT2D eigenvalue weighted by molar-refractivity contribution is 7.52. The molecule has 3 aromatic rings. The molecule has 1 aromatic carbocycles. The Morgan fingerprint density at radius 2 is 2.05 bits per heavy atom. The van der Waals surface area contributed by atoms with Crippen LogP contribution < -0.4 is 20.2 Å². The standard InChI is InChI=1S/C28H35FN7O7P/c1-6-28(29)22(37)20(14-40-44(39,43-19-10-8-7-9-11-19)34-17(4)25(38)41-16(2)3)42-26(28)36-15-31-21-23(35(5)18-12-13-18)32-27(30)33-24(21)36/h1,7-11,15-18,20,22,26,37H,12-14H2,2-5H3,(H,34,39)(H2,30,32,33)/t17-,20-,22-,26-,28-,44+/m1/s1. The number of aromatic nitrogens is 4. The number of halogens is 1. The minimum Gasteiger partial charge on any atom is -0.462 e. The molecule has 0 spiro atoms. The molecule has 6 atom stereocenters. The number of nitrogens with one attached hydrogen (secondary N) is 1. The zero-order valence-electron chi connectivity index (χ0n) is 24.7. The van der Waals surface area contributed by atoms with Crippen molar-refractivity contribution in [2.24, 2.45) is 0 Å². The first-order valence-electron chi connectivity index (χ1n) is 14.1. The second-order valence-corrected chi connectivity index (χ2v) is 12.7. The van der Waals surface area contributed by atoms with Crippen LogP contribution in [-0.4, -0.2) is 80.3 Å². The van der Waals surface area contributed by atoms with Crippen LogP contribution in [0.1, 0.15) is 39.8 Å². The number of carbonyl (C=O) groups excluding carboxylic acids is 1. The number of esters is 1. The average molecular weight is 632 g/mol. The van der Waals surface area contributed by atoms with Crippen LogP contribution in [0.5, 0.6) is 5.75 Å². The molecule has 2 aromatic heterocycles. The van der Waals surface area contributed by atoms with Gasteiger partial charge < -0.3 is 29.7 Å². The van der Waals surface area contributed by atoms with Gasteiger partial charge in [-0.25, -0.2) is 13.9 Å². The van der Waals surface area contributed by atoms with E-state index in [0.717, 1.165) is 12.8 Å². The van der Waals surface area contributed by atoms with Gasteiger partial charge in [0.15, 0.2) is 23.2 Å². The maximum Gasteiger partial charge on any atom is 0.459 e. The van der Waals surface area contributed by atoms with Crippen LogP contribution in [0.2, 0.25) is 0 Å². The maximum absolute atomic E-state index is 16.4. The van der Waals surface area contributed by atoms with Crippen LogP contribution in [0.25, 0.3) is 11.2 Å². The minimum absolute atomic E-state index is 0.0690. The molecule has 236 valence electrons. The smallest absolute Gasteiger partial charge is 0.459 e. The van der Waals surface area contributed by atoms with Crippen LogP contribution in [0.3, 0.4) is 0 Å². The van der Waals surface area contributed by atoms with Crippen LogP contribution in [0, 0.1) is 12.3 Å². The fourth-order valence-electron chi connectivity index (χ4n) is 4.79. The van der Waals surface area contributed by atoms with Crippen LogP contribution in [-0.2, 0) is 23.4 Å². The molecule has 44 heavy (non-hydrogen) atoms. The molecule has 2 aliphatic rings. The molecule has 1 saturated carbocycles. The number of imidazole rings is 1. The molecule has 14 nitrogen and oxygen atoms in total. The van der Waals surface area contributed by atoms with E-state index in [4.69, 9.17) is 30.7 Å². The molecule has 0 bridgehead atoms. The number of hydrogen-bond donors (Lipinski definition) is 3. The number of hydrogen-bond acceptors (Lipinski definition) is 12. The molecule has 2 fully saturated rings. The first kappa shape index (κ1) is 31.6. The number of benzene rings is 1. The fourth-order valence-corrected chi connectivity index (χ4v) is 6.29. The van der Waals surface area contributed by atoms with E-state index in [-0.39, 0.29) is 23.4 Å². The number of alkyl halides is 1. The zero-order valence-corrected chi connectivity index (χ0v) is 25.6. The fraction of sp³-hybridized carbons (Fsp3) is 0.500. The van der Waals surface area contributed by atoms with E-state index >= 15 is 4.39 Å². The van der Waals surface area contributed by atoms with Gasteiger partial charge in [0.25, 0.3) is 0 Å². The van der Waals surface area contributed by atoms with Crippen molar-refractivity contribution in [1.29, 1.82) is 0 Å². The first-order chi connectivity index (χ1) is 20.8. The predicted octanol–water partition coefficient (Wildman–Crippen LogP) is 2.74. The Morgan fingerprint density at radius 3 is 2.68 bits per heavy atom. The largest absolute Gasteiger partial charge is 0.462 e. The normalized spacial score (nSPS) is 25.4. The Bertz CT molecular complexity index is 1600. The lowest BCUT2D eigenvalue weighted by Gasteiger charge is -2.25. The average Bonchev–Trinajstić information content (AvgIpc) is 3.70. The number of nitrogen functional groups attached to an aromatic ring is 1. The summed E-state index contributed by atoms with van der Waals surface area (Å²) in [5.74, 6) is 1.86. The predicted molar refractivity (Wildman–Crippen MR) is 158 cm³/mol. The number of rotatable bonds is 12. The van der Waals surface area contributed by atoms with Crippen molar-refractivity contribution in [3.63, 3.8) is 0 Å². The van der Waals surface area contributed by atoms with Crippen molar-refractivity contribution in [2.45, 2.75) is 75.9 Å². The highest BCUT2D eigenvalue weighted by atomic mass is 31.2. The van der Waals surface area contributed by atoms with Crippen LogP contribution in [0.15, 0.2) is 36.7 Å². The Balaban J connectivity index is 1.40. The van der Waals surface area contributed by atoms with Gasteiger partial charge in [0.1, 0.15) is 24.0 Å². The van der Waals surface area contributed by atoms with E-state index in [1.807, 2.05) is 17.9 Å². The SMILES string of the molecule is C#C[C@@]1(F)[C@H](O)[C@@H](CO[P@@](=O)(N[C@H](C)C(=O)OC(C)C)Oc2ccccc2)O[C@H]1n1cnc2c(N(C)C3CC3)nc(N)nc21. The van der Waals surface area contributed by atoms with Gasteiger partial charge >= 0.3 is 13.7 Å². The highest BCUT2D eigenvalue weighted by Crippen LogP contribution is 2.48. The molecule has 0 unspecified atom stereocenters. The van der Waals surface area contributed by atoms with E-state index < -0.39 is 56.6 Å². The third kappa shape index (κ3) is 6.36. The number of aliphatic hydroxyl groups excluding tert-OH is 1. The number of nitrogens with zero attached hydrogens (tertiary/aromatic N) is 5. The van der Waals surface area contributed by atoms with Crippen molar-refractivity contribution in [1.82, 2.24) is 24.6 Å². The number of aliphatic hydroxyl groups is 1. The van der Waals surface area contributed by atoms with E-state index in [0.29, 0.717) is 11.3 Å². The second-order valence-electron chi connectivity index (χ2n) is 11.0. The van der Waals surface area contributed by atoms with Gasteiger partial charge in [0.2, 0.25) is 11.6 Å². The molecule has 1 saturated heterocycles. The lowest BCUT2D eigenvalue weighted by atomic mass is 9.97. The summed E-state index contributed by atoms with van der Waals surface area (Å²) >= 11 is 0. The van der Waals surface area contributed by atoms with Crippen LogP contribution in [0.4, 0.5) is 16.2 Å². The molecule has 5 rings (SSSR count). The number of carbonyl (C=O) groups is 1. The Labute approximate surface area is 253 Å². The van der Waals surface area contributed by atoms with Gasteiger partial charge in [-0.3, -0.25) is 13.9 Å². The van der Waals surface area contributed by atoms with Crippen molar-refractivity contribution >= 4 is 36.6 Å². The minimum atomic E-state index is -4.35. The Hall–Kier alpha value is -3.80. The number of anilines is 2. The number of nitrogens with two attached hydrogens (primary N) is 1. The molecule has 3 heterocycles. The summed E-state index contributed by atoms with van der Waals surface area (Å²) in [6, 6.07) is 7.23. The number of terminal acetylenes is 1. The monoisotopic (exact) mass is 631 g/mol. The topological polar surface area (TPSA) is 176 Å². The van der Waals surface area contributed by atoms with Gasteiger partial charge in [-0.2, -0.15) is 15.1 Å². The van der Waals surface area contributed by atoms with Crippen molar-refractivity contribution < 1.29 is 37.4 Å². The van der Waals surface area contributed by atoms with Crippen molar-refractivity contribution in [3.8, 4) is 18.1 Å². The van der Waals surface area contributed by atoms with E-state index in [1.54, 1.807) is 32.0 Å². The van der Waals surface area contributed by atoms with E-state index in [2.05, 4.69) is 20.0 Å². The Morgan fingerprint density at radius 1 is 1.34 bits per heavy atom. The first-order valence-corrected chi connectivity index (χ1v) is 15.6. The summed E-state index contributed by atoms with van der Waals surface area (Å²) in [6.45, 7) is 4.11. The van der Waals surface area contributed by atoms with Gasteiger partial charge in [0, 0.05) is 13.1 Å².